The van der Waals surface area contributed by atoms with Gasteiger partial charge in [0, 0.05) is 13.2 Å². The molecule has 20 heavy (non-hydrogen) atoms. The lowest BCUT2D eigenvalue weighted by molar-refractivity contribution is 0.519. The first kappa shape index (κ1) is 15.4. The zero-order valence-electron chi connectivity index (χ0n) is 11.7. The molecule has 0 saturated heterocycles. The molecule has 1 atom stereocenters. The fourth-order valence-corrected chi connectivity index (χ4v) is 2.44. The largest absolute Gasteiger partial charge is 0.340 e. The lowest BCUT2D eigenvalue weighted by Gasteiger charge is -2.17. The van der Waals surface area contributed by atoms with E-state index >= 15 is 0 Å². The third kappa shape index (κ3) is 3.98. The number of imidazole rings is 1. The number of nitrogens with one attached hydrogen (secondary N) is 1. The maximum Gasteiger partial charge on any atom is 0.0947 e. The van der Waals surface area contributed by atoms with E-state index in [1.165, 1.54) is 0 Å². The van der Waals surface area contributed by atoms with Crippen LogP contribution in [0.3, 0.4) is 0 Å². The molecule has 0 saturated carbocycles. The summed E-state index contributed by atoms with van der Waals surface area (Å²) in [6.07, 6.45) is 5.80. The molecule has 1 unspecified atom stereocenters. The van der Waals surface area contributed by atoms with Crippen molar-refractivity contribution in [3.63, 3.8) is 0 Å². The van der Waals surface area contributed by atoms with E-state index in [-0.39, 0.29) is 6.04 Å². The van der Waals surface area contributed by atoms with Crippen molar-refractivity contribution in [1.82, 2.24) is 14.9 Å². The maximum absolute atomic E-state index is 6.08. The molecule has 2 aromatic rings. The van der Waals surface area contributed by atoms with E-state index in [0.29, 0.717) is 10.0 Å². The molecule has 0 aliphatic heterocycles. The van der Waals surface area contributed by atoms with Crippen LogP contribution in [0.2, 0.25) is 10.0 Å². The van der Waals surface area contributed by atoms with Gasteiger partial charge in [0.25, 0.3) is 0 Å². The molecule has 1 aromatic carbocycles. The van der Waals surface area contributed by atoms with Gasteiger partial charge in [0.2, 0.25) is 0 Å². The van der Waals surface area contributed by atoms with E-state index in [4.69, 9.17) is 23.2 Å². The topological polar surface area (TPSA) is 29.9 Å². The normalized spacial score (nSPS) is 12.6. The molecule has 5 heteroatoms. The van der Waals surface area contributed by atoms with Crippen LogP contribution in [0.5, 0.6) is 0 Å². The molecule has 0 radical (unpaired) electrons. The number of hydrogen-bond donors (Lipinski definition) is 1. The van der Waals surface area contributed by atoms with Crippen LogP contribution in [0.1, 0.15) is 30.6 Å². The van der Waals surface area contributed by atoms with Crippen molar-refractivity contribution >= 4 is 23.2 Å². The molecule has 0 spiro atoms. The average Bonchev–Trinajstić information content (AvgIpc) is 2.85. The van der Waals surface area contributed by atoms with Crippen LogP contribution >= 0.6 is 23.2 Å². The average molecular weight is 312 g/mol. The van der Waals surface area contributed by atoms with Gasteiger partial charge in [-0.3, -0.25) is 0 Å². The van der Waals surface area contributed by atoms with Gasteiger partial charge in [-0.15, -0.1) is 0 Å². The summed E-state index contributed by atoms with van der Waals surface area (Å²) in [6, 6.07) is 5.97. The van der Waals surface area contributed by atoms with Crippen molar-refractivity contribution < 1.29 is 0 Å². The Morgan fingerprint density at radius 1 is 1.30 bits per heavy atom. The first-order chi connectivity index (χ1) is 9.60. The van der Waals surface area contributed by atoms with Crippen molar-refractivity contribution in [3.05, 3.63) is 52.0 Å². The van der Waals surface area contributed by atoms with Crippen LogP contribution < -0.4 is 5.32 Å². The van der Waals surface area contributed by atoms with Gasteiger partial charge in [-0.25, -0.2) is 4.98 Å². The lowest BCUT2D eigenvalue weighted by atomic mass is 10.0. The van der Waals surface area contributed by atoms with E-state index in [0.717, 1.165) is 30.6 Å². The van der Waals surface area contributed by atoms with Crippen molar-refractivity contribution in [2.45, 2.75) is 25.8 Å². The maximum atomic E-state index is 6.08. The summed E-state index contributed by atoms with van der Waals surface area (Å²) >= 11 is 12.0. The Balaban J connectivity index is 2.16. The summed E-state index contributed by atoms with van der Waals surface area (Å²) in [5, 5.41) is 4.72. The Kier molecular flexibility index (Phi) is 5.46. The van der Waals surface area contributed by atoms with E-state index in [1.54, 1.807) is 0 Å². The molecule has 2 rings (SSSR count). The van der Waals surface area contributed by atoms with Crippen molar-refractivity contribution in [1.29, 1.82) is 0 Å². The Bertz CT molecular complexity index is 566. The Hall–Kier alpha value is -1.03. The van der Waals surface area contributed by atoms with Gasteiger partial charge in [-0.05, 0) is 37.1 Å². The van der Waals surface area contributed by atoms with E-state index in [9.17, 15) is 0 Å². The van der Waals surface area contributed by atoms with Crippen molar-refractivity contribution in [2.75, 3.05) is 6.54 Å². The van der Waals surface area contributed by atoms with Gasteiger partial charge in [0.05, 0.1) is 28.1 Å². The number of aryl methyl sites for hydroxylation is 1. The molecule has 108 valence electrons. The monoisotopic (exact) mass is 311 g/mol. The van der Waals surface area contributed by atoms with Crippen LogP contribution in [-0.4, -0.2) is 16.1 Å². The summed E-state index contributed by atoms with van der Waals surface area (Å²) < 4.78 is 1.96. The minimum absolute atomic E-state index is 0.188. The molecule has 1 N–H and O–H groups in total. The molecular formula is C15H19Cl2N3. The highest BCUT2D eigenvalue weighted by atomic mass is 35.5. The second-order valence-electron chi connectivity index (χ2n) is 4.92. The van der Waals surface area contributed by atoms with Gasteiger partial charge >= 0.3 is 0 Å². The van der Waals surface area contributed by atoms with Gasteiger partial charge in [-0.1, -0.05) is 36.2 Å². The number of nitrogens with zero attached hydrogens (tertiary/aromatic N) is 2. The Morgan fingerprint density at radius 2 is 2.10 bits per heavy atom. The zero-order chi connectivity index (χ0) is 14.5. The third-order valence-corrected chi connectivity index (χ3v) is 3.89. The third-order valence-electron chi connectivity index (χ3n) is 3.15. The smallest absolute Gasteiger partial charge is 0.0947 e. The van der Waals surface area contributed by atoms with E-state index in [1.807, 2.05) is 42.3 Å². The number of hydrogen-bond acceptors (Lipinski definition) is 2. The van der Waals surface area contributed by atoms with Crippen LogP contribution in [0.4, 0.5) is 0 Å². The van der Waals surface area contributed by atoms with Crippen LogP contribution in [0.25, 0.3) is 0 Å². The second kappa shape index (κ2) is 7.11. The highest BCUT2D eigenvalue weighted by Gasteiger charge is 2.14. The van der Waals surface area contributed by atoms with Gasteiger partial charge in [-0.2, -0.15) is 0 Å². The van der Waals surface area contributed by atoms with Crippen LogP contribution in [0.15, 0.2) is 30.7 Å². The number of benzene rings is 1. The molecule has 0 amide bonds. The highest BCUT2D eigenvalue weighted by molar-refractivity contribution is 6.42. The number of aromatic nitrogens is 2. The van der Waals surface area contributed by atoms with Gasteiger partial charge in [0.15, 0.2) is 0 Å². The molecule has 3 nitrogen and oxygen atoms in total. The van der Waals surface area contributed by atoms with Gasteiger partial charge < -0.3 is 9.88 Å². The predicted octanol–water partition coefficient (Wildman–Crippen LogP) is 4.01. The molecular weight excluding hydrogens is 293 g/mol. The molecule has 0 aliphatic rings. The summed E-state index contributed by atoms with van der Waals surface area (Å²) in [5.41, 5.74) is 2.20. The summed E-state index contributed by atoms with van der Waals surface area (Å²) in [5.74, 6) is 0. The van der Waals surface area contributed by atoms with Crippen LogP contribution in [0, 0.1) is 0 Å². The molecule has 0 fully saturated rings. The predicted molar refractivity (Wildman–Crippen MR) is 84.4 cm³/mol. The number of halogens is 2. The summed E-state index contributed by atoms with van der Waals surface area (Å²) in [7, 11) is 1.98. The zero-order valence-corrected chi connectivity index (χ0v) is 13.2. The number of rotatable bonds is 6. The molecule has 1 aromatic heterocycles. The standard InChI is InChI=1S/C15H19Cl2N3/c1-3-6-18-14(15-9-20(2)10-19-15)8-11-4-5-12(16)13(17)7-11/h4-5,7,9-10,14,18H,3,6,8H2,1-2H3. The summed E-state index contributed by atoms with van der Waals surface area (Å²) in [4.78, 5) is 4.45. The van der Waals surface area contributed by atoms with Crippen molar-refractivity contribution in [2.24, 2.45) is 7.05 Å². The van der Waals surface area contributed by atoms with Gasteiger partial charge in [0.1, 0.15) is 0 Å². The minimum Gasteiger partial charge on any atom is -0.340 e. The minimum atomic E-state index is 0.188. The van der Waals surface area contributed by atoms with Crippen LogP contribution in [-0.2, 0) is 13.5 Å². The molecule has 0 bridgehead atoms. The highest BCUT2D eigenvalue weighted by Crippen LogP contribution is 2.25. The Morgan fingerprint density at radius 3 is 2.70 bits per heavy atom. The second-order valence-corrected chi connectivity index (χ2v) is 5.74. The van der Waals surface area contributed by atoms with E-state index in [2.05, 4.69) is 17.2 Å². The lowest BCUT2D eigenvalue weighted by Crippen LogP contribution is -2.24. The summed E-state index contributed by atoms with van der Waals surface area (Å²) in [6.45, 7) is 3.12. The molecule has 1 heterocycles. The fourth-order valence-electron chi connectivity index (χ4n) is 2.12. The SMILES string of the molecule is CCCNC(Cc1ccc(Cl)c(Cl)c1)c1cn(C)cn1. The van der Waals surface area contributed by atoms with Crippen molar-refractivity contribution in [3.8, 4) is 0 Å². The first-order valence-corrected chi connectivity index (χ1v) is 7.51. The van der Waals surface area contributed by atoms with E-state index < -0.39 is 0 Å². The Labute approximate surface area is 129 Å². The molecule has 0 aliphatic carbocycles. The quantitative estimate of drug-likeness (QED) is 0.873. The fraction of sp³-hybridized carbons (Fsp3) is 0.400. The first-order valence-electron chi connectivity index (χ1n) is 6.75.